The van der Waals surface area contributed by atoms with Gasteiger partial charge in [-0.2, -0.15) is 4.98 Å². The first-order chi connectivity index (χ1) is 19.8. The number of hydrogen-bond donors (Lipinski definition) is 1. The van der Waals surface area contributed by atoms with Crippen molar-refractivity contribution < 1.29 is 17.7 Å². The second-order valence-corrected chi connectivity index (χ2v) is 15.8. The van der Waals surface area contributed by atoms with E-state index in [1.165, 1.54) is 0 Å². The summed E-state index contributed by atoms with van der Waals surface area (Å²) in [5.74, 6) is 1.92. The van der Waals surface area contributed by atoms with Crippen molar-refractivity contribution in [3.8, 4) is 11.1 Å². The Hall–Kier alpha value is -3.20. The highest BCUT2D eigenvalue weighted by Crippen LogP contribution is 2.58. The summed E-state index contributed by atoms with van der Waals surface area (Å²) < 4.78 is 31.4. The zero-order chi connectivity index (χ0) is 29.8. The summed E-state index contributed by atoms with van der Waals surface area (Å²) in [6, 6.07) is 15.6. The molecule has 7 rings (SSSR count). The van der Waals surface area contributed by atoms with E-state index in [0.29, 0.717) is 11.6 Å². The summed E-state index contributed by atoms with van der Waals surface area (Å²) in [6.45, 7) is 7.03. The van der Waals surface area contributed by atoms with Gasteiger partial charge >= 0.3 is 0 Å². The molecular weight excluding hydrogens is 548 g/mol. The average Bonchev–Trinajstić information content (AvgIpc) is 3.44. The Morgan fingerprint density at radius 3 is 2.21 bits per heavy atom. The number of nitrogens with zero attached hydrogens (tertiary/aromatic N) is 3. The third kappa shape index (κ3) is 5.72. The molecule has 0 atom stereocenters. The van der Waals surface area contributed by atoms with E-state index in [0.717, 1.165) is 93.2 Å². The van der Waals surface area contributed by atoms with Crippen LogP contribution in [0.5, 0.6) is 0 Å². The molecule has 3 aromatic rings. The molecule has 1 heterocycles. The molecule has 4 saturated carbocycles. The molecular formula is C33H42N4O4S. The number of benzene rings is 2. The number of carbonyl (C=O) groups excluding carboxylic acids is 1. The first-order valence-electron chi connectivity index (χ1n) is 15.2. The van der Waals surface area contributed by atoms with E-state index >= 15 is 0 Å². The van der Waals surface area contributed by atoms with Gasteiger partial charge < -0.3 is 9.42 Å². The van der Waals surface area contributed by atoms with Crippen molar-refractivity contribution >= 4 is 27.3 Å². The van der Waals surface area contributed by atoms with E-state index in [2.05, 4.69) is 47.7 Å². The van der Waals surface area contributed by atoms with Gasteiger partial charge in [-0.3, -0.25) is 9.52 Å². The van der Waals surface area contributed by atoms with E-state index < -0.39 is 10.0 Å². The lowest BCUT2D eigenvalue weighted by Crippen LogP contribution is -2.52. The van der Waals surface area contributed by atoms with Gasteiger partial charge in [0.15, 0.2) is 5.82 Å². The number of sulfonamides is 1. The Bertz CT molecular complexity index is 1540. The molecule has 1 amide bonds. The summed E-state index contributed by atoms with van der Waals surface area (Å²) >= 11 is 0. The molecule has 2 bridgehead atoms. The van der Waals surface area contributed by atoms with Crippen LogP contribution in [0, 0.1) is 11.3 Å². The monoisotopic (exact) mass is 590 g/mol. The molecule has 1 N–H and O–H groups in total. The van der Waals surface area contributed by atoms with Crippen molar-refractivity contribution in [3.63, 3.8) is 0 Å². The Labute approximate surface area is 249 Å². The number of fused-ring (bicyclic) bond motifs is 3. The minimum Gasteiger partial charge on any atom is -0.339 e. The minimum atomic E-state index is -3.34. The van der Waals surface area contributed by atoms with Crippen molar-refractivity contribution in [1.29, 1.82) is 0 Å². The van der Waals surface area contributed by atoms with Gasteiger partial charge in [0, 0.05) is 34.7 Å². The Morgan fingerprint density at radius 2 is 1.67 bits per heavy atom. The fraction of sp³-hybridized carbons (Fsp3) is 0.545. The number of rotatable bonds is 8. The van der Waals surface area contributed by atoms with Gasteiger partial charge in [0.1, 0.15) is 0 Å². The summed E-state index contributed by atoms with van der Waals surface area (Å²) in [4.78, 5) is 20.8. The van der Waals surface area contributed by atoms with Crippen LogP contribution in [-0.4, -0.2) is 37.3 Å². The second kappa shape index (κ2) is 10.5. The van der Waals surface area contributed by atoms with Crippen molar-refractivity contribution in [1.82, 2.24) is 10.1 Å². The predicted octanol–water partition coefficient (Wildman–Crippen LogP) is 6.83. The number of nitrogens with one attached hydrogen (secondary N) is 1. The van der Waals surface area contributed by atoms with Crippen LogP contribution in [0.2, 0.25) is 0 Å². The molecule has 4 aliphatic rings. The van der Waals surface area contributed by atoms with Gasteiger partial charge in [-0.25, -0.2) is 8.42 Å². The van der Waals surface area contributed by atoms with Gasteiger partial charge in [-0.1, -0.05) is 56.6 Å². The van der Waals surface area contributed by atoms with Crippen LogP contribution in [0.25, 0.3) is 11.1 Å². The normalized spacial score (nSPS) is 24.3. The number of anilines is 2. The highest BCUT2D eigenvalue weighted by molar-refractivity contribution is 7.92. The number of amides is 1. The SMILES string of the molecule is CC(C)(C)c1nc(C23CCC(CN(C(=O)C4CCC4)c4cccc(-c5ccc(NS(C)(=O)=O)cc5)c4)(CC2)CC3)no1. The first kappa shape index (κ1) is 28.9. The van der Waals surface area contributed by atoms with Crippen molar-refractivity contribution in [2.45, 2.75) is 89.4 Å². The molecule has 8 nitrogen and oxygen atoms in total. The van der Waals surface area contributed by atoms with Crippen LogP contribution in [0.4, 0.5) is 11.4 Å². The highest BCUT2D eigenvalue weighted by atomic mass is 32.2. The van der Waals surface area contributed by atoms with Crippen LogP contribution in [-0.2, 0) is 25.6 Å². The third-order valence-electron chi connectivity index (χ3n) is 9.84. The maximum atomic E-state index is 13.9. The summed E-state index contributed by atoms with van der Waals surface area (Å²) in [7, 11) is -3.34. The molecule has 224 valence electrons. The van der Waals surface area contributed by atoms with Crippen LogP contribution in [0.3, 0.4) is 0 Å². The molecule has 0 aliphatic heterocycles. The summed E-state index contributed by atoms with van der Waals surface area (Å²) in [6.07, 6.45) is 10.4. The quantitative estimate of drug-likeness (QED) is 0.308. The number of aromatic nitrogens is 2. The van der Waals surface area contributed by atoms with Crippen LogP contribution >= 0.6 is 0 Å². The molecule has 1 aromatic heterocycles. The minimum absolute atomic E-state index is 0.0182. The molecule has 2 aromatic carbocycles. The standard InChI is InChI=1S/C33H42N4O4S/c1-31(2,3)30-34-29(35-41-30)33-18-15-32(16-19-33,17-20-33)22-37(28(38)24-7-5-8-24)27-10-6-9-25(21-27)23-11-13-26(14-12-23)36-42(4,39)40/h6,9-14,21,24,36H,5,7-8,15-20,22H2,1-4H3. The fourth-order valence-electron chi connectivity index (χ4n) is 6.89. The van der Waals surface area contributed by atoms with Gasteiger partial charge in [0.25, 0.3) is 0 Å². The maximum absolute atomic E-state index is 13.9. The first-order valence-corrected chi connectivity index (χ1v) is 17.1. The molecule has 42 heavy (non-hydrogen) atoms. The van der Waals surface area contributed by atoms with Crippen LogP contribution < -0.4 is 9.62 Å². The van der Waals surface area contributed by atoms with Crippen molar-refractivity contribution in [3.05, 3.63) is 60.2 Å². The van der Waals surface area contributed by atoms with Gasteiger partial charge in [0.2, 0.25) is 21.8 Å². The molecule has 4 fully saturated rings. The van der Waals surface area contributed by atoms with Crippen molar-refractivity contribution in [2.75, 3.05) is 22.4 Å². The molecule has 0 unspecified atom stereocenters. The molecule has 0 spiro atoms. The predicted molar refractivity (Wildman–Crippen MR) is 165 cm³/mol. The topological polar surface area (TPSA) is 105 Å². The molecule has 0 saturated heterocycles. The van der Waals surface area contributed by atoms with Crippen LogP contribution in [0.15, 0.2) is 53.1 Å². The van der Waals surface area contributed by atoms with E-state index in [1.54, 1.807) is 12.1 Å². The molecule has 0 radical (unpaired) electrons. The Balaban J connectivity index is 1.23. The lowest BCUT2D eigenvalue weighted by molar-refractivity contribution is -0.125. The zero-order valence-electron chi connectivity index (χ0n) is 25.2. The Morgan fingerprint density at radius 1 is 1.00 bits per heavy atom. The van der Waals surface area contributed by atoms with E-state index in [4.69, 9.17) is 9.51 Å². The lowest BCUT2D eigenvalue weighted by Gasteiger charge is -2.53. The summed E-state index contributed by atoms with van der Waals surface area (Å²) in [5.41, 5.74) is 3.34. The average molecular weight is 591 g/mol. The molecule has 9 heteroatoms. The maximum Gasteiger partial charge on any atom is 0.232 e. The number of carbonyl (C=O) groups is 1. The largest absolute Gasteiger partial charge is 0.339 e. The zero-order valence-corrected chi connectivity index (χ0v) is 26.0. The van der Waals surface area contributed by atoms with Gasteiger partial charge in [0.05, 0.1) is 6.26 Å². The third-order valence-corrected chi connectivity index (χ3v) is 10.4. The fourth-order valence-corrected chi connectivity index (χ4v) is 7.45. The van der Waals surface area contributed by atoms with E-state index in [9.17, 15) is 13.2 Å². The second-order valence-electron chi connectivity index (χ2n) is 14.0. The smallest absolute Gasteiger partial charge is 0.232 e. The van der Waals surface area contributed by atoms with Gasteiger partial charge in [-0.05, 0) is 92.2 Å². The van der Waals surface area contributed by atoms with Crippen LogP contribution in [0.1, 0.15) is 90.3 Å². The van der Waals surface area contributed by atoms with E-state index in [-0.39, 0.29) is 28.1 Å². The number of hydrogen-bond acceptors (Lipinski definition) is 6. The van der Waals surface area contributed by atoms with E-state index in [1.807, 2.05) is 24.3 Å². The molecule has 4 aliphatic carbocycles. The lowest BCUT2D eigenvalue weighted by atomic mass is 9.53. The van der Waals surface area contributed by atoms with Gasteiger partial charge in [-0.15, -0.1) is 0 Å². The highest BCUT2D eigenvalue weighted by Gasteiger charge is 2.53. The summed E-state index contributed by atoms with van der Waals surface area (Å²) in [5, 5.41) is 4.45. The Kier molecular flexibility index (Phi) is 7.23. The van der Waals surface area contributed by atoms with Crippen molar-refractivity contribution in [2.24, 2.45) is 11.3 Å².